The highest BCUT2D eigenvalue weighted by atomic mass is 32.2. The molecule has 0 bridgehead atoms. The quantitative estimate of drug-likeness (QED) is 0.298. The van der Waals surface area contributed by atoms with Crippen LogP contribution in [0.15, 0.2) is 83.3 Å². The van der Waals surface area contributed by atoms with Gasteiger partial charge in [-0.15, -0.1) is 11.3 Å². The molecule has 0 radical (unpaired) electrons. The van der Waals surface area contributed by atoms with Crippen molar-refractivity contribution in [2.24, 2.45) is 0 Å². The summed E-state index contributed by atoms with van der Waals surface area (Å²) in [6.07, 6.45) is 3.46. The second-order valence-electron chi connectivity index (χ2n) is 8.15. The van der Waals surface area contributed by atoms with Gasteiger partial charge in [-0.05, 0) is 54.4 Å². The number of aromatic nitrogens is 2. The van der Waals surface area contributed by atoms with E-state index in [-0.39, 0.29) is 17.0 Å². The molecule has 190 valence electrons. The molecule has 4 rings (SSSR count). The number of anilines is 1. The van der Waals surface area contributed by atoms with E-state index in [1.807, 2.05) is 41.8 Å². The highest BCUT2D eigenvalue weighted by Gasteiger charge is 2.23. The Morgan fingerprint density at radius 2 is 1.73 bits per heavy atom. The molecule has 37 heavy (non-hydrogen) atoms. The molecular formula is C26H24N4O5S2. The van der Waals surface area contributed by atoms with Crippen LogP contribution < -0.4 is 10.6 Å². The Bertz CT molecular complexity index is 1520. The summed E-state index contributed by atoms with van der Waals surface area (Å²) in [5, 5.41) is 15.6. The minimum Gasteiger partial charge on any atom is -0.395 e. The summed E-state index contributed by atoms with van der Waals surface area (Å²) in [7, 11) is -3.78. The van der Waals surface area contributed by atoms with Gasteiger partial charge >= 0.3 is 0 Å². The summed E-state index contributed by atoms with van der Waals surface area (Å²) in [6, 6.07) is 17.2. The molecule has 9 nitrogen and oxygen atoms in total. The molecule has 0 fully saturated rings. The van der Waals surface area contributed by atoms with Crippen LogP contribution in [0.3, 0.4) is 0 Å². The van der Waals surface area contributed by atoms with Crippen LogP contribution in [0.25, 0.3) is 22.4 Å². The lowest BCUT2D eigenvalue weighted by Gasteiger charge is -2.11. The molecule has 0 saturated heterocycles. The zero-order chi connectivity index (χ0) is 26.4. The van der Waals surface area contributed by atoms with Crippen LogP contribution in [0.5, 0.6) is 0 Å². The fraction of sp³-hybridized carbons (Fsp3) is 0.154. The van der Waals surface area contributed by atoms with Crippen molar-refractivity contribution in [3.05, 3.63) is 84.0 Å². The molecule has 0 aliphatic carbocycles. The summed E-state index contributed by atoms with van der Waals surface area (Å²) in [5.74, 6) is -1.07. The number of hydrogen-bond acceptors (Lipinski definition) is 8. The van der Waals surface area contributed by atoms with E-state index in [0.29, 0.717) is 10.8 Å². The van der Waals surface area contributed by atoms with Crippen molar-refractivity contribution in [2.45, 2.75) is 17.1 Å². The van der Waals surface area contributed by atoms with Gasteiger partial charge < -0.3 is 15.7 Å². The Hall–Kier alpha value is -3.93. The molecule has 0 saturated carbocycles. The maximum atomic E-state index is 12.5. The topological polar surface area (TPSA) is 138 Å². The molecule has 3 N–H and O–H groups in total. The van der Waals surface area contributed by atoms with Crippen LogP contribution in [0.4, 0.5) is 5.13 Å². The molecule has 0 spiro atoms. The zero-order valence-electron chi connectivity index (χ0n) is 19.8. The smallest absolute Gasteiger partial charge is 0.251 e. The van der Waals surface area contributed by atoms with Gasteiger partial charge in [0, 0.05) is 28.9 Å². The lowest BCUT2D eigenvalue weighted by atomic mass is 10.0. The van der Waals surface area contributed by atoms with Crippen molar-refractivity contribution in [2.75, 3.05) is 18.5 Å². The predicted molar refractivity (Wildman–Crippen MR) is 142 cm³/mol. The van der Waals surface area contributed by atoms with Crippen LogP contribution in [-0.2, 0) is 14.6 Å². The number of amides is 2. The van der Waals surface area contributed by atoms with E-state index in [9.17, 15) is 23.1 Å². The number of carbonyl (C=O) groups excluding carboxylic acids is 2. The Morgan fingerprint density at radius 1 is 1.00 bits per heavy atom. The SMILES string of the molecule is C[C@H](CO)S(=O)(=O)c1cccc(C(=O)NCC(=O)Nc2nc(-c3cccc(-c4ccncc4)c3)cs2)c1. The highest BCUT2D eigenvalue weighted by Crippen LogP contribution is 2.28. The summed E-state index contributed by atoms with van der Waals surface area (Å²) in [6.45, 7) is 0.525. The lowest BCUT2D eigenvalue weighted by molar-refractivity contribution is -0.115. The Balaban J connectivity index is 1.37. The molecule has 2 amide bonds. The third kappa shape index (κ3) is 6.26. The second-order valence-corrected chi connectivity index (χ2v) is 11.4. The molecule has 0 unspecified atom stereocenters. The van der Waals surface area contributed by atoms with E-state index < -0.39 is 33.5 Å². The standard InChI is InChI=1S/C26H24N4O5S2/c1-17(15-31)37(34,35)22-7-3-6-21(13-22)25(33)28-14-24(32)30-26-29-23(16-36-26)20-5-2-4-19(12-20)18-8-10-27-11-9-18/h2-13,16-17,31H,14-15H2,1H3,(H,28,33)(H,29,30,32)/t17-/m1/s1. The number of thiazole rings is 1. The predicted octanol–water partition coefficient (Wildman–Crippen LogP) is 3.40. The number of nitrogens with one attached hydrogen (secondary N) is 2. The Labute approximate surface area is 218 Å². The first-order chi connectivity index (χ1) is 17.8. The monoisotopic (exact) mass is 536 g/mol. The van der Waals surface area contributed by atoms with Gasteiger partial charge in [-0.25, -0.2) is 13.4 Å². The van der Waals surface area contributed by atoms with Gasteiger partial charge in [0.1, 0.15) is 0 Å². The average molecular weight is 537 g/mol. The van der Waals surface area contributed by atoms with Gasteiger partial charge in [0.15, 0.2) is 15.0 Å². The molecule has 1 atom stereocenters. The molecular weight excluding hydrogens is 512 g/mol. The normalized spacial score (nSPS) is 12.1. The zero-order valence-corrected chi connectivity index (χ0v) is 21.4. The Kier molecular flexibility index (Phi) is 8.07. The van der Waals surface area contributed by atoms with E-state index >= 15 is 0 Å². The van der Waals surface area contributed by atoms with E-state index in [2.05, 4.69) is 20.6 Å². The van der Waals surface area contributed by atoms with Gasteiger partial charge in [-0.2, -0.15) is 0 Å². The first-order valence-electron chi connectivity index (χ1n) is 11.3. The van der Waals surface area contributed by atoms with E-state index in [0.717, 1.165) is 16.7 Å². The van der Waals surface area contributed by atoms with Crippen molar-refractivity contribution in [1.82, 2.24) is 15.3 Å². The number of sulfone groups is 1. The van der Waals surface area contributed by atoms with Gasteiger partial charge in [0.05, 0.1) is 29.0 Å². The number of hydrogen-bond donors (Lipinski definition) is 3. The molecule has 4 aromatic rings. The summed E-state index contributed by atoms with van der Waals surface area (Å²) in [5.41, 5.74) is 3.73. The Morgan fingerprint density at radius 3 is 2.49 bits per heavy atom. The number of benzene rings is 2. The minimum absolute atomic E-state index is 0.0746. The van der Waals surface area contributed by atoms with Crippen molar-refractivity contribution >= 4 is 38.1 Å². The van der Waals surface area contributed by atoms with Crippen molar-refractivity contribution in [1.29, 1.82) is 0 Å². The number of pyridine rings is 1. The maximum Gasteiger partial charge on any atom is 0.251 e. The van der Waals surface area contributed by atoms with Crippen LogP contribution in [-0.4, -0.2) is 53.7 Å². The third-order valence-corrected chi connectivity index (χ3v) is 8.42. The van der Waals surface area contributed by atoms with Crippen LogP contribution in [0.2, 0.25) is 0 Å². The van der Waals surface area contributed by atoms with E-state index in [4.69, 9.17) is 0 Å². The van der Waals surface area contributed by atoms with Gasteiger partial charge in [0.2, 0.25) is 5.91 Å². The van der Waals surface area contributed by atoms with Gasteiger partial charge in [0.25, 0.3) is 5.91 Å². The summed E-state index contributed by atoms with van der Waals surface area (Å²) >= 11 is 1.26. The summed E-state index contributed by atoms with van der Waals surface area (Å²) < 4.78 is 24.9. The first-order valence-corrected chi connectivity index (χ1v) is 13.7. The maximum absolute atomic E-state index is 12.5. The van der Waals surface area contributed by atoms with Gasteiger partial charge in [-0.1, -0.05) is 24.3 Å². The van der Waals surface area contributed by atoms with Crippen molar-refractivity contribution < 1.29 is 23.1 Å². The van der Waals surface area contributed by atoms with Crippen LogP contribution in [0.1, 0.15) is 17.3 Å². The minimum atomic E-state index is -3.78. The van der Waals surface area contributed by atoms with E-state index in [1.165, 1.54) is 42.5 Å². The average Bonchev–Trinajstić information content (AvgIpc) is 3.40. The molecule has 0 aliphatic rings. The number of rotatable bonds is 9. The first kappa shape index (κ1) is 26.1. The number of nitrogens with zero attached hydrogens (tertiary/aromatic N) is 2. The molecule has 11 heteroatoms. The highest BCUT2D eigenvalue weighted by molar-refractivity contribution is 7.92. The van der Waals surface area contributed by atoms with Crippen molar-refractivity contribution in [3.8, 4) is 22.4 Å². The van der Waals surface area contributed by atoms with Crippen molar-refractivity contribution in [3.63, 3.8) is 0 Å². The number of aliphatic hydroxyl groups is 1. The number of carbonyl (C=O) groups is 2. The fourth-order valence-corrected chi connectivity index (χ4v) is 5.39. The number of aliphatic hydroxyl groups excluding tert-OH is 1. The fourth-order valence-electron chi connectivity index (χ4n) is 3.44. The van der Waals surface area contributed by atoms with Gasteiger partial charge in [-0.3, -0.25) is 14.6 Å². The lowest BCUT2D eigenvalue weighted by Crippen LogP contribution is -2.33. The van der Waals surface area contributed by atoms with Crippen LogP contribution >= 0.6 is 11.3 Å². The molecule has 0 aliphatic heterocycles. The molecule has 2 aromatic carbocycles. The third-order valence-electron chi connectivity index (χ3n) is 5.54. The van der Waals surface area contributed by atoms with Crippen LogP contribution in [0, 0.1) is 0 Å². The molecule has 2 heterocycles. The van der Waals surface area contributed by atoms with E-state index in [1.54, 1.807) is 12.4 Å². The summed E-state index contributed by atoms with van der Waals surface area (Å²) in [4.78, 5) is 33.3. The second kappa shape index (κ2) is 11.4. The molecule has 2 aromatic heterocycles. The largest absolute Gasteiger partial charge is 0.395 e.